The van der Waals surface area contributed by atoms with Crippen molar-refractivity contribution in [2.24, 2.45) is 5.73 Å². The fourth-order valence-electron chi connectivity index (χ4n) is 3.57. The van der Waals surface area contributed by atoms with Gasteiger partial charge in [-0.3, -0.25) is 10.00 Å². The van der Waals surface area contributed by atoms with Crippen LogP contribution in [0.25, 0.3) is 11.3 Å². The molecule has 0 radical (unpaired) electrons. The van der Waals surface area contributed by atoms with E-state index in [0.29, 0.717) is 22.9 Å². The van der Waals surface area contributed by atoms with Gasteiger partial charge in [-0.05, 0) is 43.4 Å². The maximum atomic E-state index is 13.3. The van der Waals surface area contributed by atoms with E-state index < -0.39 is 6.03 Å². The number of rotatable bonds is 5. The maximum absolute atomic E-state index is 13.3. The third-order valence-electron chi connectivity index (χ3n) is 5.43. The van der Waals surface area contributed by atoms with Gasteiger partial charge in [0.1, 0.15) is 17.3 Å². The van der Waals surface area contributed by atoms with Crippen LogP contribution < -0.4 is 20.3 Å². The van der Waals surface area contributed by atoms with Gasteiger partial charge in [0.05, 0.1) is 17.6 Å². The number of hydrogen-bond donors (Lipinski definition) is 2. The number of benzene rings is 2. The summed E-state index contributed by atoms with van der Waals surface area (Å²) in [5.41, 5.74) is 8.44. The van der Waals surface area contributed by atoms with Crippen molar-refractivity contribution in [1.29, 1.82) is 0 Å². The molecular weight excluding hydrogens is 399 g/mol. The first-order valence-corrected chi connectivity index (χ1v) is 10.0. The second-order valence-electron chi connectivity index (χ2n) is 7.55. The molecule has 1 aliphatic rings. The molecule has 4 rings (SSSR count). The molecule has 3 aromatic rings. The summed E-state index contributed by atoms with van der Waals surface area (Å²) in [6, 6.07) is 11.1. The number of piperazine rings is 1. The summed E-state index contributed by atoms with van der Waals surface area (Å²) in [6.07, 6.45) is 1.63. The summed E-state index contributed by atoms with van der Waals surface area (Å²) in [5.74, 6) is 0.706. The summed E-state index contributed by atoms with van der Waals surface area (Å²) >= 11 is 0. The number of carbonyl (C=O) groups excluding carboxylic acids is 1. The van der Waals surface area contributed by atoms with Gasteiger partial charge in [0.25, 0.3) is 0 Å². The van der Waals surface area contributed by atoms with E-state index in [4.69, 9.17) is 10.5 Å². The Morgan fingerprint density at radius 1 is 1.16 bits per heavy atom. The first-order chi connectivity index (χ1) is 14.9. The molecule has 2 amide bonds. The van der Waals surface area contributed by atoms with Crippen LogP contribution in [0.15, 0.2) is 48.7 Å². The predicted molar refractivity (Wildman–Crippen MR) is 118 cm³/mol. The average molecular weight is 424 g/mol. The first-order valence-electron chi connectivity index (χ1n) is 10.0. The van der Waals surface area contributed by atoms with Crippen molar-refractivity contribution < 1.29 is 13.9 Å². The third-order valence-corrected chi connectivity index (χ3v) is 5.43. The molecule has 2 aromatic carbocycles. The number of ether oxygens (including phenoxy) is 1. The molecule has 8 nitrogen and oxygen atoms in total. The molecule has 3 N–H and O–H groups in total. The van der Waals surface area contributed by atoms with Gasteiger partial charge in [-0.25, -0.2) is 9.18 Å². The molecule has 2 heterocycles. The molecule has 0 unspecified atom stereocenters. The minimum atomic E-state index is -0.553. The number of primary amides is 1. The lowest BCUT2D eigenvalue weighted by Crippen LogP contribution is -2.45. The van der Waals surface area contributed by atoms with Gasteiger partial charge < -0.3 is 20.3 Å². The zero-order valence-electron chi connectivity index (χ0n) is 17.5. The zero-order chi connectivity index (χ0) is 22.0. The molecule has 9 heteroatoms. The molecule has 1 aliphatic heterocycles. The largest absolute Gasteiger partial charge is 0.453 e. The van der Waals surface area contributed by atoms with Gasteiger partial charge >= 0.3 is 6.03 Å². The van der Waals surface area contributed by atoms with E-state index in [1.807, 2.05) is 12.1 Å². The number of nitrogens with two attached hydrogens (primary N) is 1. The van der Waals surface area contributed by atoms with Crippen molar-refractivity contribution in [2.45, 2.75) is 0 Å². The van der Waals surface area contributed by atoms with Crippen LogP contribution in [-0.4, -0.2) is 61.4 Å². The molecule has 0 aliphatic carbocycles. The molecule has 0 bridgehead atoms. The maximum Gasteiger partial charge on any atom is 0.319 e. The Kier molecular flexibility index (Phi) is 5.77. The van der Waals surface area contributed by atoms with Gasteiger partial charge in [0, 0.05) is 44.9 Å². The zero-order valence-corrected chi connectivity index (χ0v) is 17.5. The average Bonchev–Trinajstić information content (AvgIpc) is 3.22. The Balaban J connectivity index is 1.64. The Bertz CT molecular complexity index is 1060. The Morgan fingerprint density at radius 3 is 2.55 bits per heavy atom. The smallest absolute Gasteiger partial charge is 0.319 e. The van der Waals surface area contributed by atoms with Gasteiger partial charge in [-0.15, -0.1) is 0 Å². The van der Waals surface area contributed by atoms with Crippen molar-refractivity contribution in [3.63, 3.8) is 0 Å². The fourth-order valence-corrected chi connectivity index (χ4v) is 3.57. The molecule has 0 saturated carbocycles. The number of carbonyl (C=O) groups is 1. The number of nitrogens with one attached hydrogen (secondary N) is 1. The highest BCUT2D eigenvalue weighted by molar-refractivity contribution is 5.94. The number of H-pyrrole nitrogens is 1. The molecule has 162 valence electrons. The number of hydrogen-bond acceptors (Lipinski definition) is 5. The number of halogens is 1. The van der Waals surface area contributed by atoms with E-state index in [1.54, 1.807) is 31.4 Å². The van der Waals surface area contributed by atoms with E-state index in [0.717, 1.165) is 37.4 Å². The van der Waals surface area contributed by atoms with E-state index in [1.165, 1.54) is 17.0 Å². The summed E-state index contributed by atoms with van der Waals surface area (Å²) in [5, 5.41) is 7.01. The number of urea groups is 1. The van der Waals surface area contributed by atoms with Crippen molar-refractivity contribution in [3.8, 4) is 22.8 Å². The number of aromatic nitrogens is 2. The number of anilines is 2. The predicted octanol–water partition coefficient (Wildman–Crippen LogP) is 3.27. The first kappa shape index (κ1) is 20.7. The number of aromatic amines is 1. The second kappa shape index (κ2) is 8.65. The topological polar surface area (TPSA) is 90.7 Å². The van der Waals surface area contributed by atoms with E-state index in [9.17, 15) is 9.18 Å². The minimum Gasteiger partial charge on any atom is -0.453 e. The van der Waals surface area contributed by atoms with Crippen LogP contribution in [0.3, 0.4) is 0 Å². The fraction of sp³-hybridized carbons (Fsp3) is 0.273. The number of likely N-dealkylation sites (N-methyl/N-ethyl adjacent to an activating group) is 1. The lowest BCUT2D eigenvalue weighted by atomic mass is 10.1. The molecule has 1 fully saturated rings. The SMILES string of the molecule is CN1CCN(c2ccc(Oc3c[nH]nc3-c3ccc(F)cc3)cc2N(C)C(N)=O)CC1. The van der Waals surface area contributed by atoms with Gasteiger partial charge in [0.2, 0.25) is 0 Å². The lowest BCUT2D eigenvalue weighted by Gasteiger charge is -2.36. The summed E-state index contributed by atoms with van der Waals surface area (Å²) in [4.78, 5) is 17.8. The third kappa shape index (κ3) is 4.46. The monoisotopic (exact) mass is 424 g/mol. The molecule has 1 saturated heterocycles. The standard InChI is InChI=1S/C22H25FN6O2/c1-27-9-11-29(12-10-27)18-8-7-17(13-19(18)28(2)22(24)30)31-20-14-25-26-21(20)15-3-5-16(23)6-4-15/h3-8,13-14H,9-12H2,1-2H3,(H2,24,30)(H,25,26). The van der Waals surface area contributed by atoms with Crippen LogP contribution in [0.4, 0.5) is 20.6 Å². The highest BCUT2D eigenvalue weighted by atomic mass is 19.1. The normalized spacial score (nSPS) is 14.5. The van der Waals surface area contributed by atoms with Crippen LogP contribution in [0.2, 0.25) is 0 Å². The summed E-state index contributed by atoms with van der Waals surface area (Å²) < 4.78 is 19.3. The van der Waals surface area contributed by atoms with Crippen LogP contribution in [0.1, 0.15) is 0 Å². The molecule has 1 aromatic heterocycles. The molecule has 0 atom stereocenters. The Hall–Kier alpha value is -3.59. The van der Waals surface area contributed by atoms with Gasteiger partial charge in [-0.1, -0.05) is 0 Å². The molecular formula is C22H25FN6O2. The van der Waals surface area contributed by atoms with E-state index in [2.05, 4.69) is 27.0 Å². The van der Waals surface area contributed by atoms with E-state index in [-0.39, 0.29) is 5.82 Å². The quantitative estimate of drug-likeness (QED) is 0.656. The number of nitrogens with zero attached hydrogens (tertiary/aromatic N) is 4. The highest BCUT2D eigenvalue weighted by Crippen LogP contribution is 2.37. The van der Waals surface area contributed by atoms with E-state index >= 15 is 0 Å². The number of amides is 2. The van der Waals surface area contributed by atoms with Crippen LogP contribution in [-0.2, 0) is 0 Å². The second-order valence-corrected chi connectivity index (χ2v) is 7.55. The minimum absolute atomic E-state index is 0.319. The van der Waals surface area contributed by atoms with Crippen molar-refractivity contribution in [3.05, 3.63) is 54.5 Å². The summed E-state index contributed by atoms with van der Waals surface area (Å²) in [7, 11) is 3.73. The van der Waals surface area contributed by atoms with Crippen molar-refractivity contribution in [1.82, 2.24) is 15.1 Å². The van der Waals surface area contributed by atoms with Gasteiger partial charge in [0.15, 0.2) is 5.75 Å². The van der Waals surface area contributed by atoms with Crippen LogP contribution in [0.5, 0.6) is 11.5 Å². The highest BCUT2D eigenvalue weighted by Gasteiger charge is 2.21. The summed E-state index contributed by atoms with van der Waals surface area (Å²) in [6.45, 7) is 3.58. The van der Waals surface area contributed by atoms with Gasteiger partial charge in [-0.2, -0.15) is 5.10 Å². The van der Waals surface area contributed by atoms with Crippen molar-refractivity contribution in [2.75, 3.05) is 50.1 Å². The molecule has 0 spiro atoms. The van der Waals surface area contributed by atoms with Crippen LogP contribution in [0, 0.1) is 5.82 Å². The Labute approximate surface area is 180 Å². The Morgan fingerprint density at radius 2 is 1.87 bits per heavy atom. The lowest BCUT2D eigenvalue weighted by molar-refractivity contribution is 0.255. The molecule has 31 heavy (non-hydrogen) atoms. The van der Waals surface area contributed by atoms with Crippen molar-refractivity contribution >= 4 is 17.4 Å². The van der Waals surface area contributed by atoms with Crippen LogP contribution >= 0.6 is 0 Å².